The lowest BCUT2D eigenvalue weighted by atomic mass is 10.3. The summed E-state index contributed by atoms with van der Waals surface area (Å²) in [4.78, 5) is 9.00. The standard InChI is InChI=1S/C15H15Cl2N3O/c1-8(16)15-19-12-6-11(17)4-5-13(12)20(15)7-14-18-9(2)10(3)21-14/h4-6,8H,7H2,1-3H3. The number of alkyl halides is 1. The van der Waals surface area contributed by atoms with Gasteiger partial charge in [-0.25, -0.2) is 9.97 Å². The fraction of sp³-hybridized carbons (Fsp3) is 0.333. The van der Waals surface area contributed by atoms with Crippen molar-refractivity contribution in [1.29, 1.82) is 0 Å². The molecular weight excluding hydrogens is 309 g/mol. The lowest BCUT2D eigenvalue weighted by Crippen LogP contribution is -2.06. The molecule has 21 heavy (non-hydrogen) atoms. The van der Waals surface area contributed by atoms with Gasteiger partial charge < -0.3 is 8.98 Å². The van der Waals surface area contributed by atoms with Crippen LogP contribution in [0.5, 0.6) is 0 Å². The first-order valence-corrected chi connectivity index (χ1v) is 7.50. The second-order valence-corrected chi connectivity index (χ2v) is 6.15. The van der Waals surface area contributed by atoms with Crippen LogP contribution < -0.4 is 0 Å². The molecule has 3 rings (SSSR count). The molecule has 4 nitrogen and oxygen atoms in total. The Hall–Kier alpha value is -1.52. The minimum atomic E-state index is -0.215. The SMILES string of the molecule is Cc1nc(Cn2c(C(C)Cl)nc3cc(Cl)ccc32)oc1C. The third-order valence-electron chi connectivity index (χ3n) is 3.46. The molecule has 1 aromatic carbocycles. The molecule has 0 bridgehead atoms. The molecule has 6 heteroatoms. The summed E-state index contributed by atoms with van der Waals surface area (Å²) in [6.45, 7) is 6.23. The first-order chi connectivity index (χ1) is 9.95. The van der Waals surface area contributed by atoms with E-state index >= 15 is 0 Å². The lowest BCUT2D eigenvalue weighted by molar-refractivity contribution is 0.456. The number of rotatable bonds is 3. The topological polar surface area (TPSA) is 43.9 Å². The molecule has 110 valence electrons. The summed E-state index contributed by atoms with van der Waals surface area (Å²) < 4.78 is 7.69. The van der Waals surface area contributed by atoms with Crippen LogP contribution in [-0.2, 0) is 6.54 Å². The van der Waals surface area contributed by atoms with E-state index in [1.54, 1.807) is 0 Å². The second-order valence-electron chi connectivity index (χ2n) is 5.05. The van der Waals surface area contributed by atoms with Crippen molar-refractivity contribution in [1.82, 2.24) is 14.5 Å². The third kappa shape index (κ3) is 2.65. The zero-order valence-corrected chi connectivity index (χ0v) is 13.5. The summed E-state index contributed by atoms with van der Waals surface area (Å²) in [5, 5.41) is 0.442. The number of imidazole rings is 1. The molecule has 1 atom stereocenters. The van der Waals surface area contributed by atoms with Crippen molar-refractivity contribution in [3.63, 3.8) is 0 Å². The highest BCUT2D eigenvalue weighted by Gasteiger charge is 2.17. The minimum absolute atomic E-state index is 0.215. The average Bonchev–Trinajstić information content (AvgIpc) is 2.91. The number of hydrogen-bond acceptors (Lipinski definition) is 3. The Morgan fingerprint density at radius 1 is 1.29 bits per heavy atom. The molecule has 0 saturated heterocycles. The Kier molecular flexibility index (Phi) is 3.68. The van der Waals surface area contributed by atoms with Gasteiger partial charge in [-0.3, -0.25) is 0 Å². The van der Waals surface area contributed by atoms with Gasteiger partial charge in [0.05, 0.1) is 22.1 Å². The highest BCUT2D eigenvalue weighted by molar-refractivity contribution is 6.31. The van der Waals surface area contributed by atoms with E-state index in [0.717, 1.165) is 28.3 Å². The summed E-state index contributed by atoms with van der Waals surface area (Å²) in [6.07, 6.45) is 0. The molecule has 0 amide bonds. The van der Waals surface area contributed by atoms with Crippen LogP contribution in [0.4, 0.5) is 0 Å². The summed E-state index contributed by atoms with van der Waals surface area (Å²) in [7, 11) is 0. The zero-order valence-electron chi connectivity index (χ0n) is 12.0. The summed E-state index contributed by atoms with van der Waals surface area (Å²) in [5.41, 5.74) is 2.69. The molecular formula is C15H15Cl2N3O. The van der Waals surface area contributed by atoms with E-state index in [-0.39, 0.29) is 5.38 Å². The Morgan fingerprint density at radius 3 is 2.67 bits per heavy atom. The van der Waals surface area contributed by atoms with Gasteiger partial charge in [0.2, 0.25) is 5.89 Å². The Labute approximate surface area is 132 Å². The number of oxazole rings is 1. The first kappa shape index (κ1) is 14.4. The van der Waals surface area contributed by atoms with Crippen molar-refractivity contribution in [2.24, 2.45) is 0 Å². The van der Waals surface area contributed by atoms with Crippen molar-refractivity contribution in [3.05, 3.63) is 46.4 Å². The van der Waals surface area contributed by atoms with Crippen molar-refractivity contribution in [2.45, 2.75) is 32.7 Å². The van der Waals surface area contributed by atoms with Gasteiger partial charge in [0, 0.05) is 5.02 Å². The van der Waals surface area contributed by atoms with Crippen LogP contribution in [0.3, 0.4) is 0 Å². The number of halogens is 2. The van der Waals surface area contributed by atoms with E-state index < -0.39 is 0 Å². The van der Waals surface area contributed by atoms with Crippen molar-refractivity contribution in [2.75, 3.05) is 0 Å². The molecule has 0 radical (unpaired) electrons. The predicted molar refractivity (Wildman–Crippen MR) is 84.1 cm³/mol. The average molecular weight is 324 g/mol. The molecule has 2 aromatic heterocycles. The van der Waals surface area contributed by atoms with E-state index in [4.69, 9.17) is 27.6 Å². The highest BCUT2D eigenvalue weighted by Crippen LogP contribution is 2.27. The second kappa shape index (κ2) is 5.35. The number of hydrogen-bond donors (Lipinski definition) is 0. The molecule has 2 heterocycles. The largest absolute Gasteiger partial charge is 0.444 e. The van der Waals surface area contributed by atoms with Gasteiger partial charge in [0.1, 0.15) is 18.1 Å². The highest BCUT2D eigenvalue weighted by atomic mass is 35.5. The van der Waals surface area contributed by atoms with Crippen molar-refractivity contribution in [3.8, 4) is 0 Å². The Bertz CT molecular complexity index is 785. The normalized spacial score (nSPS) is 13.0. The molecule has 1 unspecified atom stereocenters. The lowest BCUT2D eigenvalue weighted by Gasteiger charge is -2.08. The third-order valence-corrected chi connectivity index (χ3v) is 3.89. The fourth-order valence-corrected chi connectivity index (χ4v) is 2.67. The minimum Gasteiger partial charge on any atom is -0.444 e. The zero-order chi connectivity index (χ0) is 15.1. The molecule has 0 aliphatic heterocycles. The summed E-state index contributed by atoms with van der Waals surface area (Å²) in [5.74, 6) is 2.26. The molecule has 0 spiro atoms. The maximum absolute atomic E-state index is 6.25. The van der Waals surface area contributed by atoms with Crippen LogP contribution in [0.2, 0.25) is 5.02 Å². The van der Waals surface area contributed by atoms with Gasteiger partial charge in [-0.2, -0.15) is 0 Å². The van der Waals surface area contributed by atoms with Gasteiger partial charge in [0.15, 0.2) is 0 Å². The van der Waals surface area contributed by atoms with Gasteiger partial charge in [-0.1, -0.05) is 11.6 Å². The number of fused-ring (bicyclic) bond motifs is 1. The van der Waals surface area contributed by atoms with Gasteiger partial charge in [0.25, 0.3) is 0 Å². The molecule has 0 aliphatic carbocycles. The van der Waals surface area contributed by atoms with E-state index in [0.29, 0.717) is 17.5 Å². The van der Waals surface area contributed by atoms with E-state index in [2.05, 4.69) is 9.97 Å². The van der Waals surface area contributed by atoms with Crippen molar-refractivity contribution >= 4 is 34.2 Å². The van der Waals surface area contributed by atoms with E-state index in [1.165, 1.54) is 0 Å². The maximum atomic E-state index is 6.25. The molecule has 0 saturated carbocycles. The Balaban J connectivity index is 2.12. The molecule has 0 fully saturated rings. The van der Waals surface area contributed by atoms with Crippen LogP contribution >= 0.6 is 23.2 Å². The summed E-state index contributed by atoms with van der Waals surface area (Å²) >= 11 is 12.3. The summed E-state index contributed by atoms with van der Waals surface area (Å²) in [6, 6.07) is 5.62. The van der Waals surface area contributed by atoms with E-state index in [1.807, 2.05) is 43.5 Å². The van der Waals surface area contributed by atoms with Crippen LogP contribution in [0.15, 0.2) is 22.6 Å². The van der Waals surface area contributed by atoms with Gasteiger partial charge >= 0.3 is 0 Å². The monoisotopic (exact) mass is 323 g/mol. The van der Waals surface area contributed by atoms with Crippen LogP contribution in [-0.4, -0.2) is 14.5 Å². The molecule has 3 aromatic rings. The number of nitrogens with zero attached hydrogens (tertiary/aromatic N) is 3. The number of benzene rings is 1. The molecule has 0 aliphatic rings. The van der Waals surface area contributed by atoms with Gasteiger partial charge in [-0.15, -0.1) is 11.6 Å². The maximum Gasteiger partial charge on any atom is 0.214 e. The number of aromatic nitrogens is 3. The quantitative estimate of drug-likeness (QED) is 0.659. The van der Waals surface area contributed by atoms with Crippen LogP contribution in [0.25, 0.3) is 11.0 Å². The number of aryl methyl sites for hydroxylation is 2. The fourth-order valence-electron chi connectivity index (χ4n) is 2.33. The van der Waals surface area contributed by atoms with Crippen LogP contribution in [0.1, 0.15) is 35.5 Å². The van der Waals surface area contributed by atoms with E-state index in [9.17, 15) is 0 Å². The van der Waals surface area contributed by atoms with Crippen molar-refractivity contribution < 1.29 is 4.42 Å². The Morgan fingerprint density at radius 2 is 2.05 bits per heavy atom. The smallest absolute Gasteiger partial charge is 0.214 e. The van der Waals surface area contributed by atoms with Crippen LogP contribution in [0, 0.1) is 13.8 Å². The first-order valence-electron chi connectivity index (χ1n) is 6.68. The van der Waals surface area contributed by atoms with Gasteiger partial charge in [-0.05, 0) is 39.0 Å². The molecule has 0 N–H and O–H groups in total. The predicted octanol–water partition coefficient (Wildman–Crippen LogP) is 4.64.